The summed E-state index contributed by atoms with van der Waals surface area (Å²) in [7, 11) is 1.96. The first kappa shape index (κ1) is 19.7. The third-order valence-corrected chi connectivity index (χ3v) is 3.82. The molecule has 0 spiro atoms. The van der Waals surface area contributed by atoms with Crippen molar-refractivity contribution in [3.05, 3.63) is 42.2 Å². The number of aromatic nitrogens is 3. The van der Waals surface area contributed by atoms with Gasteiger partial charge in [-0.05, 0) is 31.2 Å². The Balaban J connectivity index is 1.83. The van der Waals surface area contributed by atoms with Crippen molar-refractivity contribution in [2.75, 3.05) is 33.3 Å². The second-order valence-electron chi connectivity index (χ2n) is 5.75. The van der Waals surface area contributed by atoms with Crippen LogP contribution in [0.15, 0.2) is 35.6 Å². The second-order valence-corrected chi connectivity index (χ2v) is 5.75. The highest BCUT2D eigenvalue weighted by Crippen LogP contribution is 2.10. The Kier molecular flexibility index (Phi) is 7.85. The van der Waals surface area contributed by atoms with Crippen molar-refractivity contribution in [3.63, 3.8) is 0 Å². The summed E-state index contributed by atoms with van der Waals surface area (Å²) < 4.78 is 20.6. The Bertz CT molecular complexity index is 685. The molecule has 0 atom stereocenters. The molecule has 1 aromatic heterocycles. The maximum absolute atomic E-state index is 12.9. The molecule has 0 amide bonds. The first-order valence-corrected chi connectivity index (χ1v) is 8.88. The van der Waals surface area contributed by atoms with Crippen molar-refractivity contribution in [2.24, 2.45) is 4.99 Å². The van der Waals surface area contributed by atoms with E-state index in [1.165, 1.54) is 12.1 Å². The lowest BCUT2D eigenvalue weighted by Gasteiger charge is -2.22. The summed E-state index contributed by atoms with van der Waals surface area (Å²) in [5.74, 6) is 2.17. The molecule has 0 saturated heterocycles. The number of aliphatic imine (C=N–C) groups is 1. The molecule has 1 heterocycles. The van der Waals surface area contributed by atoms with Crippen molar-refractivity contribution in [2.45, 2.75) is 26.8 Å². The number of guanidine groups is 1. The number of nitrogens with one attached hydrogen (secondary N) is 1. The number of nitrogens with zero attached hydrogens (tertiary/aromatic N) is 5. The number of halogens is 1. The molecule has 0 saturated carbocycles. The highest BCUT2D eigenvalue weighted by Gasteiger charge is 2.06. The fourth-order valence-corrected chi connectivity index (χ4v) is 2.41. The minimum absolute atomic E-state index is 0.268. The normalized spacial score (nSPS) is 11.5. The average molecular weight is 362 g/mol. The predicted molar refractivity (Wildman–Crippen MR) is 99.9 cm³/mol. The van der Waals surface area contributed by atoms with E-state index in [-0.39, 0.29) is 5.82 Å². The van der Waals surface area contributed by atoms with Crippen LogP contribution in [0.4, 0.5) is 4.39 Å². The van der Waals surface area contributed by atoms with Gasteiger partial charge in [-0.1, -0.05) is 6.92 Å². The van der Waals surface area contributed by atoms with Gasteiger partial charge < -0.3 is 19.5 Å². The number of benzene rings is 1. The molecule has 2 rings (SSSR count). The third kappa shape index (κ3) is 6.02. The quantitative estimate of drug-likeness (QED) is 0.546. The standard InChI is InChI=1S/C18H27FN6O/c1-4-17-23-22-14-25(17)11-10-21-18(20-5-2)24(3)12-13-26-16-8-6-15(19)7-9-16/h6-9,14H,4-5,10-13H2,1-3H3,(H,20,21). The van der Waals surface area contributed by atoms with E-state index in [2.05, 4.69) is 27.4 Å². The molecule has 0 bridgehead atoms. The van der Waals surface area contributed by atoms with Gasteiger partial charge in [0.25, 0.3) is 0 Å². The van der Waals surface area contributed by atoms with Crippen LogP contribution in [0.3, 0.4) is 0 Å². The molecule has 0 fully saturated rings. The van der Waals surface area contributed by atoms with Gasteiger partial charge in [0, 0.05) is 26.6 Å². The smallest absolute Gasteiger partial charge is 0.193 e. The van der Waals surface area contributed by atoms with E-state index in [4.69, 9.17) is 4.74 Å². The molecule has 142 valence electrons. The van der Waals surface area contributed by atoms with Crippen molar-refractivity contribution in [1.29, 1.82) is 0 Å². The summed E-state index contributed by atoms with van der Waals surface area (Å²) in [5.41, 5.74) is 0. The Labute approximate surface area is 153 Å². The van der Waals surface area contributed by atoms with Crippen LogP contribution < -0.4 is 10.1 Å². The molecule has 2 aromatic rings. The van der Waals surface area contributed by atoms with Crippen molar-refractivity contribution in [1.82, 2.24) is 25.0 Å². The molecule has 26 heavy (non-hydrogen) atoms. The van der Waals surface area contributed by atoms with E-state index in [0.29, 0.717) is 25.4 Å². The lowest BCUT2D eigenvalue weighted by molar-refractivity contribution is 0.281. The van der Waals surface area contributed by atoms with E-state index < -0.39 is 0 Å². The predicted octanol–water partition coefficient (Wildman–Crippen LogP) is 1.96. The van der Waals surface area contributed by atoms with Crippen LogP contribution in [0, 0.1) is 5.82 Å². The van der Waals surface area contributed by atoms with Crippen LogP contribution in [0.5, 0.6) is 5.75 Å². The molecular formula is C18H27FN6O. The summed E-state index contributed by atoms with van der Waals surface area (Å²) in [5, 5.41) is 11.3. The average Bonchev–Trinajstić information content (AvgIpc) is 3.10. The highest BCUT2D eigenvalue weighted by atomic mass is 19.1. The van der Waals surface area contributed by atoms with Gasteiger partial charge in [0.05, 0.1) is 13.1 Å². The minimum Gasteiger partial charge on any atom is -0.492 e. The molecule has 1 aromatic carbocycles. The van der Waals surface area contributed by atoms with E-state index in [1.807, 2.05) is 23.4 Å². The zero-order valence-electron chi connectivity index (χ0n) is 15.7. The van der Waals surface area contributed by atoms with Crippen molar-refractivity contribution < 1.29 is 9.13 Å². The zero-order chi connectivity index (χ0) is 18.8. The first-order valence-electron chi connectivity index (χ1n) is 8.88. The molecule has 1 N–H and O–H groups in total. The molecule has 0 aliphatic rings. The van der Waals surface area contributed by atoms with Crippen LogP contribution in [-0.2, 0) is 13.0 Å². The Hall–Kier alpha value is -2.64. The Morgan fingerprint density at radius 2 is 2.08 bits per heavy atom. The maximum Gasteiger partial charge on any atom is 0.193 e. The monoisotopic (exact) mass is 362 g/mol. The maximum atomic E-state index is 12.9. The number of aryl methyl sites for hydroxylation is 1. The van der Waals surface area contributed by atoms with Gasteiger partial charge in [-0.15, -0.1) is 10.2 Å². The molecule has 0 aliphatic heterocycles. The van der Waals surface area contributed by atoms with Gasteiger partial charge in [-0.25, -0.2) is 4.39 Å². The summed E-state index contributed by atoms with van der Waals surface area (Å²) in [6.07, 6.45) is 2.59. The molecular weight excluding hydrogens is 335 g/mol. The molecule has 7 nitrogen and oxygen atoms in total. The third-order valence-electron chi connectivity index (χ3n) is 3.82. The van der Waals surface area contributed by atoms with Crippen LogP contribution in [0.1, 0.15) is 19.7 Å². The van der Waals surface area contributed by atoms with Gasteiger partial charge in [0.2, 0.25) is 0 Å². The summed E-state index contributed by atoms with van der Waals surface area (Å²) in [4.78, 5) is 6.66. The summed E-state index contributed by atoms with van der Waals surface area (Å²) >= 11 is 0. The number of likely N-dealkylation sites (N-methyl/N-ethyl adjacent to an activating group) is 1. The summed E-state index contributed by atoms with van der Waals surface area (Å²) in [6, 6.07) is 6.03. The zero-order valence-corrected chi connectivity index (χ0v) is 15.7. The van der Waals surface area contributed by atoms with E-state index in [0.717, 1.165) is 31.3 Å². The second kappa shape index (κ2) is 10.4. The fourth-order valence-electron chi connectivity index (χ4n) is 2.41. The number of rotatable bonds is 9. The largest absolute Gasteiger partial charge is 0.492 e. The van der Waals surface area contributed by atoms with Gasteiger partial charge in [0.15, 0.2) is 5.96 Å². The topological polar surface area (TPSA) is 67.6 Å². The Morgan fingerprint density at radius 1 is 1.31 bits per heavy atom. The minimum atomic E-state index is -0.268. The first-order chi connectivity index (χ1) is 12.6. The highest BCUT2D eigenvalue weighted by molar-refractivity contribution is 5.79. The molecule has 0 unspecified atom stereocenters. The van der Waals surface area contributed by atoms with E-state index >= 15 is 0 Å². The van der Waals surface area contributed by atoms with E-state index in [1.54, 1.807) is 18.5 Å². The van der Waals surface area contributed by atoms with Crippen LogP contribution in [0.2, 0.25) is 0 Å². The van der Waals surface area contributed by atoms with Gasteiger partial charge in [-0.2, -0.15) is 0 Å². The SMILES string of the molecule is CCNC(=NCCn1cnnc1CC)N(C)CCOc1ccc(F)cc1. The summed E-state index contributed by atoms with van der Waals surface area (Å²) in [6.45, 7) is 7.40. The van der Waals surface area contributed by atoms with Crippen LogP contribution >= 0.6 is 0 Å². The van der Waals surface area contributed by atoms with Crippen LogP contribution in [0.25, 0.3) is 0 Å². The molecule has 0 aliphatic carbocycles. The van der Waals surface area contributed by atoms with Gasteiger partial charge in [-0.3, -0.25) is 4.99 Å². The number of hydrogen-bond donors (Lipinski definition) is 1. The fraction of sp³-hybridized carbons (Fsp3) is 0.500. The lowest BCUT2D eigenvalue weighted by Crippen LogP contribution is -2.41. The van der Waals surface area contributed by atoms with Gasteiger partial charge >= 0.3 is 0 Å². The van der Waals surface area contributed by atoms with E-state index in [9.17, 15) is 4.39 Å². The lowest BCUT2D eigenvalue weighted by atomic mass is 10.3. The number of ether oxygens (including phenoxy) is 1. The van der Waals surface area contributed by atoms with Gasteiger partial charge in [0.1, 0.15) is 30.3 Å². The number of hydrogen-bond acceptors (Lipinski definition) is 4. The van der Waals surface area contributed by atoms with Crippen molar-refractivity contribution >= 4 is 5.96 Å². The van der Waals surface area contributed by atoms with Crippen LogP contribution in [-0.4, -0.2) is 58.9 Å². The molecule has 8 heteroatoms. The Morgan fingerprint density at radius 3 is 2.77 bits per heavy atom. The molecule has 0 radical (unpaired) electrons. The van der Waals surface area contributed by atoms with Crippen molar-refractivity contribution in [3.8, 4) is 5.75 Å².